The molecule has 0 atom stereocenters. The number of nitrogens with zero attached hydrogens (tertiary/aromatic N) is 2. The number of ether oxygens (including phenoxy) is 1. The Bertz CT molecular complexity index is 656. The van der Waals surface area contributed by atoms with Gasteiger partial charge < -0.3 is 4.74 Å². The van der Waals surface area contributed by atoms with Crippen molar-refractivity contribution >= 4 is 23.5 Å². The van der Waals surface area contributed by atoms with E-state index < -0.39 is 5.97 Å². The monoisotopic (exact) mass is 258 g/mol. The summed E-state index contributed by atoms with van der Waals surface area (Å²) in [5.41, 5.74) is 1.87. The highest BCUT2D eigenvalue weighted by Crippen LogP contribution is 2.11. The average Bonchev–Trinajstić information content (AvgIpc) is 2.79. The van der Waals surface area contributed by atoms with E-state index in [0.29, 0.717) is 17.9 Å². The highest BCUT2D eigenvalue weighted by Gasteiger charge is 2.12. The van der Waals surface area contributed by atoms with Crippen LogP contribution in [0.2, 0.25) is 0 Å². The van der Waals surface area contributed by atoms with E-state index in [0.717, 1.165) is 5.56 Å². The molecule has 0 unspecified atom stereocenters. The van der Waals surface area contributed by atoms with Crippen molar-refractivity contribution in [3.05, 3.63) is 41.9 Å². The van der Waals surface area contributed by atoms with Crippen LogP contribution in [-0.2, 0) is 9.53 Å². The maximum Gasteiger partial charge on any atom is 0.356 e. The summed E-state index contributed by atoms with van der Waals surface area (Å²) in [7, 11) is 0. The molecule has 0 aliphatic rings. The lowest BCUT2D eigenvalue weighted by Crippen LogP contribution is -2.07. The first-order valence-corrected chi connectivity index (χ1v) is 5.94. The quantitative estimate of drug-likeness (QED) is 0.622. The van der Waals surface area contributed by atoms with Crippen LogP contribution in [0.25, 0.3) is 11.7 Å². The zero-order valence-corrected chi connectivity index (χ0v) is 10.8. The van der Waals surface area contributed by atoms with Gasteiger partial charge in [0.25, 0.3) is 0 Å². The fraction of sp³-hybridized carbons (Fsp3) is 0.214. The van der Waals surface area contributed by atoms with Gasteiger partial charge in [0, 0.05) is 6.20 Å². The summed E-state index contributed by atoms with van der Waals surface area (Å²) in [6.07, 6.45) is 6.41. The Morgan fingerprint density at radius 1 is 1.47 bits per heavy atom. The van der Waals surface area contributed by atoms with Gasteiger partial charge >= 0.3 is 5.97 Å². The summed E-state index contributed by atoms with van der Waals surface area (Å²) in [4.78, 5) is 26.7. The molecule has 5 heteroatoms. The molecule has 2 aromatic heterocycles. The third-order valence-corrected chi connectivity index (χ3v) is 2.53. The number of aromatic nitrogens is 2. The molecule has 0 saturated heterocycles. The van der Waals surface area contributed by atoms with Crippen LogP contribution in [0.3, 0.4) is 0 Å². The van der Waals surface area contributed by atoms with Gasteiger partial charge in [-0.25, -0.2) is 9.78 Å². The normalized spacial score (nSPS) is 11.1. The van der Waals surface area contributed by atoms with Crippen LogP contribution in [0, 0.1) is 0 Å². The number of hydrogen-bond acceptors (Lipinski definition) is 4. The molecule has 0 aliphatic heterocycles. The Labute approximate surface area is 110 Å². The minimum absolute atomic E-state index is 0.0181. The van der Waals surface area contributed by atoms with E-state index in [2.05, 4.69) is 4.98 Å². The van der Waals surface area contributed by atoms with Crippen molar-refractivity contribution in [3.8, 4) is 0 Å². The van der Waals surface area contributed by atoms with E-state index in [1.54, 1.807) is 35.7 Å². The van der Waals surface area contributed by atoms with Gasteiger partial charge in [-0.05, 0) is 37.6 Å². The SMILES string of the molecule is CCOC(=O)c1cnc2cc(/C=C/C(C)=O)ccn12. The van der Waals surface area contributed by atoms with Crippen LogP contribution in [0.15, 0.2) is 30.6 Å². The van der Waals surface area contributed by atoms with Crippen molar-refractivity contribution in [2.45, 2.75) is 13.8 Å². The first kappa shape index (κ1) is 13.0. The van der Waals surface area contributed by atoms with Crippen LogP contribution in [0.4, 0.5) is 0 Å². The number of fused-ring (bicyclic) bond motifs is 1. The zero-order valence-electron chi connectivity index (χ0n) is 10.8. The zero-order chi connectivity index (χ0) is 13.8. The molecule has 0 amide bonds. The molecule has 0 radical (unpaired) electrons. The maximum atomic E-state index is 11.7. The third kappa shape index (κ3) is 2.88. The van der Waals surface area contributed by atoms with Gasteiger partial charge in [0.15, 0.2) is 11.5 Å². The molecule has 0 fully saturated rings. The Balaban J connectivity index is 2.36. The Hall–Kier alpha value is -2.43. The average molecular weight is 258 g/mol. The molecular formula is C14H14N2O3. The van der Waals surface area contributed by atoms with Crippen molar-refractivity contribution in [1.29, 1.82) is 0 Å². The van der Waals surface area contributed by atoms with Crippen molar-refractivity contribution in [2.24, 2.45) is 0 Å². The topological polar surface area (TPSA) is 60.7 Å². The molecule has 98 valence electrons. The standard InChI is InChI=1S/C14H14N2O3/c1-3-19-14(18)12-9-15-13-8-11(5-4-10(2)17)6-7-16(12)13/h4-9H,3H2,1-2H3/b5-4+. The van der Waals surface area contributed by atoms with Gasteiger partial charge in [-0.15, -0.1) is 0 Å². The fourth-order valence-corrected chi connectivity index (χ4v) is 1.67. The van der Waals surface area contributed by atoms with Crippen LogP contribution in [0.5, 0.6) is 0 Å². The number of allylic oxidation sites excluding steroid dienone is 1. The minimum atomic E-state index is -0.401. The summed E-state index contributed by atoms with van der Waals surface area (Å²) in [5, 5.41) is 0. The second kappa shape index (κ2) is 5.48. The molecule has 0 aliphatic carbocycles. The number of ketones is 1. The molecular weight excluding hydrogens is 244 g/mol. The highest BCUT2D eigenvalue weighted by atomic mass is 16.5. The molecule has 19 heavy (non-hydrogen) atoms. The lowest BCUT2D eigenvalue weighted by Gasteiger charge is -2.02. The number of carbonyl (C=O) groups is 2. The van der Waals surface area contributed by atoms with Gasteiger partial charge in [-0.1, -0.05) is 6.08 Å². The Kier molecular flexibility index (Phi) is 3.75. The summed E-state index contributed by atoms with van der Waals surface area (Å²) >= 11 is 0. The van der Waals surface area contributed by atoms with Crippen molar-refractivity contribution < 1.29 is 14.3 Å². The first-order valence-electron chi connectivity index (χ1n) is 5.94. The predicted molar refractivity (Wildman–Crippen MR) is 70.9 cm³/mol. The van der Waals surface area contributed by atoms with Crippen LogP contribution in [-0.4, -0.2) is 27.7 Å². The van der Waals surface area contributed by atoms with E-state index >= 15 is 0 Å². The lowest BCUT2D eigenvalue weighted by molar-refractivity contribution is -0.112. The smallest absolute Gasteiger partial charge is 0.356 e. The molecule has 0 aromatic carbocycles. The van der Waals surface area contributed by atoms with Gasteiger partial charge in [0.05, 0.1) is 12.8 Å². The maximum absolute atomic E-state index is 11.7. The number of pyridine rings is 1. The number of rotatable bonds is 4. The largest absolute Gasteiger partial charge is 0.461 e. The lowest BCUT2D eigenvalue weighted by atomic mass is 10.2. The Morgan fingerprint density at radius 3 is 2.95 bits per heavy atom. The minimum Gasteiger partial charge on any atom is -0.461 e. The molecule has 0 saturated carbocycles. The van der Waals surface area contributed by atoms with Crippen molar-refractivity contribution in [2.75, 3.05) is 6.61 Å². The summed E-state index contributed by atoms with van der Waals surface area (Å²) in [6, 6.07) is 3.60. The van der Waals surface area contributed by atoms with Gasteiger partial charge in [-0.2, -0.15) is 0 Å². The molecule has 0 N–H and O–H groups in total. The van der Waals surface area contributed by atoms with Crippen molar-refractivity contribution in [3.63, 3.8) is 0 Å². The summed E-state index contributed by atoms with van der Waals surface area (Å²) in [5.74, 6) is -0.419. The first-order chi connectivity index (χ1) is 9.11. The van der Waals surface area contributed by atoms with E-state index in [4.69, 9.17) is 4.74 Å². The summed E-state index contributed by atoms with van der Waals surface area (Å²) in [6.45, 7) is 3.57. The van der Waals surface area contributed by atoms with E-state index in [-0.39, 0.29) is 5.78 Å². The van der Waals surface area contributed by atoms with Crippen LogP contribution in [0.1, 0.15) is 29.9 Å². The second-order valence-corrected chi connectivity index (χ2v) is 4.00. The molecule has 2 aromatic rings. The summed E-state index contributed by atoms with van der Waals surface area (Å²) < 4.78 is 6.60. The third-order valence-electron chi connectivity index (χ3n) is 2.53. The highest BCUT2D eigenvalue weighted by molar-refractivity contribution is 5.92. The molecule has 2 heterocycles. The predicted octanol–water partition coefficient (Wildman–Crippen LogP) is 2.11. The number of esters is 1. The number of imidazole rings is 1. The molecule has 0 bridgehead atoms. The van der Waals surface area contributed by atoms with Crippen LogP contribution < -0.4 is 0 Å². The molecule has 5 nitrogen and oxygen atoms in total. The van der Waals surface area contributed by atoms with Crippen molar-refractivity contribution in [1.82, 2.24) is 9.38 Å². The van der Waals surface area contributed by atoms with Gasteiger partial charge in [0.1, 0.15) is 5.65 Å². The molecule has 2 rings (SSSR count). The van der Waals surface area contributed by atoms with Crippen LogP contribution >= 0.6 is 0 Å². The van der Waals surface area contributed by atoms with E-state index in [9.17, 15) is 9.59 Å². The number of carbonyl (C=O) groups excluding carboxylic acids is 2. The molecule has 0 spiro atoms. The van der Waals surface area contributed by atoms with E-state index in [1.807, 2.05) is 0 Å². The second-order valence-electron chi connectivity index (χ2n) is 4.00. The van der Waals surface area contributed by atoms with Gasteiger partial charge in [-0.3, -0.25) is 9.20 Å². The Morgan fingerprint density at radius 2 is 2.26 bits per heavy atom. The van der Waals surface area contributed by atoms with E-state index in [1.165, 1.54) is 19.2 Å². The number of hydrogen-bond donors (Lipinski definition) is 0. The van der Waals surface area contributed by atoms with Gasteiger partial charge in [0.2, 0.25) is 0 Å². The fourth-order valence-electron chi connectivity index (χ4n) is 1.67.